The second-order valence-corrected chi connectivity index (χ2v) is 10.9. The summed E-state index contributed by atoms with van der Waals surface area (Å²) in [6.45, 7) is 19.2. The van der Waals surface area contributed by atoms with Gasteiger partial charge in [-0.25, -0.2) is 0 Å². The van der Waals surface area contributed by atoms with Gasteiger partial charge < -0.3 is 14.9 Å². The van der Waals surface area contributed by atoms with E-state index in [9.17, 15) is 5.11 Å². The van der Waals surface area contributed by atoms with Crippen LogP contribution in [-0.2, 0) is 4.74 Å². The van der Waals surface area contributed by atoms with Crippen molar-refractivity contribution in [3.05, 3.63) is 23.3 Å². The van der Waals surface area contributed by atoms with Gasteiger partial charge >= 0.3 is 0 Å². The molecule has 0 aliphatic heterocycles. The first-order valence-electron chi connectivity index (χ1n) is 10.2. The second-order valence-electron chi connectivity index (χ2n) is 9.55. The molecule has 3 nitrogen and oxygen atoms in total. The predicted molar refractivity (Wildman–Crippen MR) is 120 cm³/mol. The minimum absolute atomic E-state index is 0.00133. The number of hydrogen-bond donors (Lipinski definition) is 2. The van der Waals surface area contributed by atoms with E-state index in [1.165, 1.54) is 12.8 Å². The summed E-state index contributed by atoms with van der Waals surface area (Å²) in [4.78, 5) is 0. The summed E-state index contributed by atoms with van der Waals surface area (Å²) in [6.07, 6.45) is 6.35. The van der Waals surface area contributed by atoms with Gasteiger partial charge in [0, 0.05) is 17.6 Å². The van der Waals surface area contributed by atoms with Crippen LogP contribution >= 0.6 is 11.8 Å². The predicted octanol–water partition coefficient (Wildman–Crippen LogP) is 5.47. The van der Waals surface area contributed by atoms with Gasteiger partial charge in [0.15, 0.2) is 0 Å². The monoisotopic (exact) mass is 400 g/mol. The summed E-state index contributed by atoms with van der Waals surface area (Å²) >= 11 is 2.02. The lowest BCUT2D eigenvalue weighted by Crippen LogP contribution is -2.30. The Balaban J connectivity index is 4.53. The number of allylic oxidation sites excluding steroid dienone is 2. The zero-order valence-electron chi connectivity index (χ0n) is 19.0. The Hall–Kier alpha value is -0.290. The van der Waals surface area contributed by atoms with E-state index in [1.807, 2.05) is 37.8 Å². The van der Waals surface area contributed by atoms with Crippen LogP contribution in [0.3, 0.4) is 0 Å². The van der Waals surface area contributed by atoms with Crippen molar-refractivity contribution in [3.8, 4) is 0 Å². The average molecular weight is 401 g/mol. The van der Waals surface area contributed by atoms with Crippen LogP contribution in [0.5, 0.6) is 0 Å². The molecule has 0 saturated heterocycles. The SMILES string of the molecule is CCC(C)(C)C(CC(C)(C)C)SCCOCC(=CC(C)=CC(C)CO)CO. The fraction of sp³-hybridized carbons (Fsp3) is 0.826. The van der Waals surface area contributed by atoms with E-state index in [0.29, 0.717) is 29.3 Å². The van der Waals surface area contributed by atoms with Crippen molar-refractivity contribution in [1.29, 1.82) is 0 Å². The van der Waals surface area contributed by atoms with Crippen molar-refractivity contribution >= 4 is 11.8 Å². The quantitative estimate of drug-likeness (QED) is 0.318. The topological polar surface area (TPSA) is 49.7 Å². The number of aliphatic hydroxyl groups excluding tert-OH is 2. The summed E-state index contributed by atoms with van der Waals surface area (Å²) in [7, 11) is 0. The van der Waals surface area contributed by atoms with Crippen molar-refractivity contribution < 1.29 is 14.9 Å². The van der Waals surface area contributed by atoms with Gasteiger partial charge in [-0.15, -0.1) is 0 Å². The van der Waals surface area contributed by atoms with Crippen LogP contribution in [0, 0.1) is 16.7 Å². The zero-order chi connectivity index (χ0) is 21.1. The van der Waals surface area contributed by atoms with Gasteiger partial charge in [0.1, 0.15) is 0 Å². The highest BCUT2D eigenvalue weighted by atomic mass is 32.2. The molecule has 27 heavy (non-hydrogen) atoms. The number of rotatable bonds is 13. The smallest absolute Gasteiger partial charge is 0.0702 e. The Bertz CT molecular complexity index is 461. The third kappa shape index (κ3) is 12.7. The highest BCUT2D eigenvalue weighted by Gasteiger charge is 2.31. The number of aliphatic hydroxyl groups is 2. The molecule has 0 aromatic rings. The van der Waals surface area contributed by atoms with Crippen LogP contribution < -0.4 is 0 Å². The first kappa shape index (κ1) is 26.7. The third-order valence-electron chi connectivity index (χ3n) is 4.89. The lowest BCUT2D eigenvalue weighted by Gasteiger charge is -2.37. The van der Waals surface area contributed by atoms with Gasteiger partial charge in [-0.1, -0.05) is 66.2 Å². The van der Waals surface area contributed by atoms with Crippen LogP contribution in [-0.4, -0.2) is 47.6 Å². The molecule has 0 aliphatic rings. The molecule has 4 heteroatoms. The first-order chi connectivity index (χ1) is 12.4. The first-order valence-corrected chi connectivity index (χ1v) is 11.3. The molecule has 0 bridgehead atoms. The Morgan fingerprint density at radius 3 is 2.26 bits per heavy atom. The standard InChI is InChI=1S/C23H44O3S/c1-9-23(7,8)21(14-22(4,5)6)27-11-10-26-17-20(16-25)13-18(2)12-19(3)15-24/h12-13,19,21,24-25H,9-11,14-17H2,1-8H3. The molecule has 2 unspecified atom stereocenters. The summed E-state index contributed by atoms with van der Waals surface area (Å²) < 4.78 is 5.82. The molecule has 0 rings (SSSR count). The average Bonchev–Trinajstić information content (AvgIpc) is 2.57. The molecule has 0 spiro atoms. The third-order valence-corrected chi connectivity index (χ3v) is 6.49. The Morgan fingerprint density at radius 1 is 1.15 bits per heavy atom. The molecule has 0 heterocycles. The molecule has 0 aromatic heterocycles. The second kappa shape index (κ2) is 13.0. The highest BCUT2D eigenvalue weighted by molar-refractivity contribution is 7.99. The Labute approximate surface area is 172 Å². The maximum Gasteiger partial charge on any atom is 0.0702 e. The summed E-state index contributed by atoms with van der Waals surface area (Å²) in [5.74, 6) is 1.10. The van der Waals surface area contributed by atoms with E-state index < -0.39 is 0 Å². The molecule has 0 radical (unpaired) electrons. The molecule has 2 atom stereocenters. The van der Waals surface area contributed by atoms with Gasteiger partial charge in [0.25, 0.3) is 0 Å². The summed E-state index contributed by atoms with van der Waals surface area (Å²) in [6, 6.07) is 0. The van der Waals surface area contributed by atoms with E-state index >= 15 is 0 Å². The molecular weight excluding hydrogens is 356 g/mol. The highest BCUT2D eigenvalue weighted by Crippen LogP contribution is 2.40. The Morgan fingerprint density at radius 2 is 1.78 bits per heavy atom. The molecule has 0 amide bonds. The van der Waals surface area contributed by atoms with Crippen molar-refractivity contribution in [2.45, 2.75) is 73.5 Å². The van der Waals surface area contributed by atoms with Crippen LogP contribution in [0.25, 0.3) is 0 Å². The number of thioether (sulfide) groups is 1. The summed E-state index contributed by atoms with van der Waals surface area (Å²) in [5.41, 5.74) is 2.57. The van der Waals surface area contributed by atoms with Crippen LogP contribution in [0.15, 0.2) is 23.3 Å². The van der Waals surface area contributed by atoms with Gasteiger partial charge in [0.05, 0.1) is 19.8 Å². The maximum atomic E-state index is 9.55. The lowest BCUT2D eigenvalue weighted by molar-refractivity contribution is 0.162. The van der Waals surface area contributed by atoms with Gasteiger partial charge in [0.2, 0.25) is 0 Å². The fourth-order valence-electron chi connectivity index (χ4n) is 2.80. The molecule has 0 aromatic carbocycles. The minimum atomic E-state index is 0.00133. The van der Waals surface area contributed by atoms with Gasteiger partial charge in [-0.3, -0.25) is 0 Å². The molecule has 0 aliphatic carbocycles. The van der Waals surface area contributed by atoms with E-state index in [2.05, 4.69) is 41.5 Å². The van der Waals surface area contributed by atoms with Gasteiger partial charge in [-0.2, -0.15) is 11.8 Å². The van der Waals surface area contributed by atoms with Crippen molar-refractivity contribution in [3.63, 3.8) is 0 Å². The van der Waals surface area contributed by atoms with Crippen LogP contribution in [0.4, 0.5) is 0 Å². The molecule has 0 fully saturated rings. The molecule has 2 N–H and O–H groups in total. The van der Waals surface area contributed by atoms with Crippen LogP contribution in [0.2, 0.25) is 0 Å². The normalized spacial score (nSPS) is 16.5. The van der Waals surface area contributed by atoms with E-state index in [4.69, 9.17) is 9.84 Å². The fourth-order valence-corrected chi connectivity index (χ4v) is 4.54. The van der Waals surface area contributed by atoms with Crippen LogP contribution in [0.1, 0.15) is 68.2 Å². The van der Waals surface area contributed by atoms with E-state index in [-0.39, 0.29) is 19.1 Å². The summed E-state index contributed by atoms with van der Waals surface area (Å²) in [5, 5.41) is 19.3. The minimum Gasteiger partial charge on any atom is -0.396 e. The lowest BCUT2D eigenvalue weighted by atomic mass is 9.78. The van der Waals surface area contributed by atoms with Crippen molar-refractivity contribution in [2.24, 2.45) is 16.7 Å². The van der Waals surface area contributed by atoms with Gasteiger partial charge in [-0.05, 0) is 42.1 Å². The van der Waals surface area contributed by atoms with Crippen molar-refractivity contribution in [2.75, 3.05) is 32.2 Å². The number of hydrogen-bond acceptors (Lipinski definition) is 4. The molecular formula is C23H44O3S. The van der Waals surface area contributed by atoms with Crippen molar-refractivity contribution in [1.82, 2.24) is 0 Å². The zero-order valence-corrected chi connectivity index (χ0v) is 19.8. The Kier molecular flexibility index (Phi) is 12.9. The maximum absolute atomic E-state index is 9.55. The molecule has 160 valence electrons. The number of ether oxygens (including phenoxy) is 1. The van der Waals surface area contributed by atoms with E-state index in [0.717, 1.165) is 16.9 Å². The van der Waals surface area contributed by atoms with E-state index in [1.54, 1.807) is 0 Å². The molecule has 0 saturated carbocycles. The largest absolute Gasteiger partial charge is 0.396 e.